The van der Waals surface area contributed by atoms with Crippen molar-refractivity contribution in [2.75, 3.05) is 12.8 Å². The fourth-order valence-corrected chi connectivity index (χ4v) is 3.59. The molecule has 0 amide bonds. The second-order valence-corrected chi connectivity index (χ2v) is 6.94. The third-order valence-corrected chi connectivity index (χ3v) is 5.25. The predicted octanol–water partition coefficient (Wildman–Crippen LogP) is 1.58. The molecule has 1 atom stereocenters. The summed E-state index contributed by atoms with van der Waals surface area (Å²) in [6, 6.07) is 8.69. The van der Waals surface area contributed by atoms with Crippen LogP contribution in [0.2, 0.25) is 0 Å². The summed E-state index contributed by atoms with van der Waals surface area (Å²) in [6.07, 6.45) is 0. The van der Waals surface area contributed by atoms with Gasteiger partial charge in [0.2, 0.25) is 11.1 Å². The number of sulfone groups is 1. The van der Waals surface area contributed by atoms with Gasteiger partial charge in [0, 0.05) is 6.07 Å². The first-order valence-electron chi connectivity index (χ1n) is 6.61. The van der Waals surface area contributed by atoms with Crippen molar-refractivity contribution in [3.63, 3.8) is 0 Å². The Bertz CT molecular complexity index is 831. The predicted molar refractivity (Wildman–Crippen MR) is 83.9 cm³/mol. The Morgan fingerprint density at radius 3 is 2.35 bits per heavy atom. The Morgan fingerprint density at radius 1 is 1.22 bits per heavy atom. The number of nitrogens with zero attached hydrogens (tertiary/aromatic N) is 1. The number of carbonyl (C=O) groups is 1. The molecular weight excluding hydrogens is 320 g/mol. The van der Waals surface area contributed by atoms with Crippen molar-refractivity contribution in [1.29, 1.82) is 0 Å². The third kappa shape index (κ3) is 3.26. The number of benzene rings is 1. The van der Waals surface area contributed by atoms with Crippen LogP contribution in [0.3, 0.4) is 0 Å². The van der Waals surface area contributed by atoms with E-state index in [1.165, 1.54) is 31.4 Å². The maximum absolute atomic E-state index is 12.7. The quantitative estimate of drug-likeness (QED) is 0.850. The van der Waals surface area contributed by atoms with Gasteiger partial charge in [-0.25, -0.2) is 13.4 Å². The lowest BCUT2D eigenvalue weighted by atomic mass is 10.2. The van der Waals surface area contributed by atoms with E-state index in [-0.39, 0.29) is 22.2 Å². The molecule has 0 saturated carbocycles. The van der Waals surface area contributed by atoms with E-state index in [2.05, 4.69) is 4.98 Å². The maximum Gasteiger partial charge on any atom is 0.328 e. The van der Waals surface area contributed by atoms with Gasteiger partial charge < -0.3 is 15.6 Å². The van der Waals surface area contributed by atoms with Crippen LogP contribution in [0, 0.1) is 6.92 Å². The summed E-state index contributed by atoms with van der Waals surface area (Å²) in [5, 5.41) is 7.53. The molecule has 1 aromatic heterocycles. The highest BCUT2D eigenvalue weighted by atomic mass is 32.2. The number of nitrogens with two attached hydrogens (primary N) is 1. The topological polar surface area (TPSA) is 120 Å². The molecule has 1 aromatic carbocycles. The molecule has 3 N–H and O–H groups in total. The molecule has 23 heavy (non-hydrogen) atoms. The molecule has 0 bridgehead atoms. The molecule has 1 unspecified atom stereocenters. The molecule has 2 aromatic rings. The second kappa shape index (κ2) is 6.25. The molecule has 0 fully saturated rings. The molecule has 2 rings (SSSR count). The van der Waals surface area contributed by atoms with E-state index in [1.807, 2.05) is 0 Å². The van der Waals surface area contributed by atoms with Gasteiger partial charge in [0.05, 0.1) is 23.4 Å². The van der Waals surface area contributed by atoms with Crippen molar-refractivity contribution in [3.8, 4) is 5.88 Å². The average molecular weight is 336 g/mol. The maximum atomic E-state index is 12.7. The molecular formula is C15H16N2O5S. The molecule has 0 aliphatic carbocycles. The molecule has 7 nitrogen and oxygen atoms in total. The van der Waals surface area contributed by atoms with Crippen molar-refractivity contribution < 1.29 is 23.1 Å². The van der Waals surface area contributed by atoms with E-state index in [9.17, 15) is 18.3 Å². The number of aryl methyl sites for hydroxylation is 1. The van der Waals surface area contributed by atoms with E-state index in [0.29, 0.717) is 0 Å². The average Bonchev–Trinajstić information content (AvgIpc) is 2.49. The smallest absolute Gasteiger partial charge is 0.328 e. The molecule has 1 heterocycles. The van der Waals surface area contributed by atoms with Gasteiger partial charge in [0.25, 0.3) is 0 Å². The van der Waals surface area contributed by atoms with Crippen molar-refractivity contribution in [2.24, 2.45) is 0 Å². The number of nitrogen functional groups attached to an aromatic ring is 1. The van der Waals surface area contributed by atoms with Crippen LogP contribution in [0.15, 0.2) is 41.3 Å². The largest absolute Gasteiger partial charge is 0.481 e. The number of anilines is 1. The highest BCUT2D eigenvalue weighted by Crippen LogP contribution is 2.32. The number of methoxy groups -OCH3 is 1. The first-order valence-corrected chi connectivity index (χ1v) is 8.15. The van der Waals surface area contributed by atoms with Gasteiger partial charge in [-0.3, -0.25) is 4.79 Å². The van der Waals surface area contributed by atoms with Crippen LogP contribution in [0.1, 0.15) is 16.5 Å². The van der Waals surface area contributed by atoms with Crippen molar-refractivity contribution in [3.05, 3.63) is 47.7 Å². The number of pyridine rings is 1. The van der Waals surface area contributed by atoms with Crippen molar-refractivity contribution in [2.45, 2.75) is 17.1 Å². The summed E-state index contributed by atoms with van der Waals surface area (Å²) < 4.78 is 30.4. The van der Waals surface area contributed by atoms with Gasteiger partial charge in [0.1, 0.15) is 0 Å². The zero-order valence-electron chi connectivity index (χ0n) is 12.6. The van der Waals surface area contributed by atoms with E-state index in [4.69, 9.17) is 10.5 Å². The highest BCUT2D eigenvalue weighted by molar-refractivity contribution is 7.92. The SMILES string of the molecule is COc1ccc(N)c(C(C(=O)O)S(=O)(=O)c2ccc(C)cc2)n1. The lowest BCUT2D eigenvalue weighted by Crippen LogP contribution is -2.24. The minimum Gasteiger partial charge on any atom is -0.481 e. The van der Waals surface area contributed by atoms with Crippen LogP contribution in [0.25, 0.3) is 0 Å². The highest BCUT2D eigenvalue weighted by Gasteiger charge is 2.38. The lowest BCUT2D eigenvalue weighted by molar-refractivity contribution is -0.136. The van der Waals surface area contributed by atoms with Gasteiger partial charge in [-0.2, -0.15) is 0 Å². The number of ether oxygens (including phenoxy) is 1. The summed E-state index contributed by atoms with van der Waals surface area (Å²) in [6.45, 7) is 1.80. The Labute approximate surface area is 133 Å². The normalized spacial score (nSPS) is 12.6. The van der Waals surface area contributed by atoms with Gasteiger partial charge in [0.15, 0.2) is 9.84 Å². The Balaban J connectivity index is 2.63. The zero-order valence-corrected chi connectivity index (χ0v) is 13.4. The Morgan fingerprint density at radius 2 is 1.83 bits per heavy atom. The van der Waals surface area contributed by atoms with E-state index >= 15 is 0 Å². The first-order chi connectivity index (χ1) is 10.8. The summed E-state index contributed by atoms with van der Waals surface area (Å²) in [4.78, 5) is 15.4. The monoisotopic (exact) mass is 336 g/mol. The molecule has 0 radical (unpaired) electrons. The van der Waals surface area contributed by atoms with Crippen molar-refractivity contribution in [1.82, 2.24) is 4.98 Å². The number of hydrogen-bond donors (Lipinski definition) is 2. The van der Waals surface area contributed by atoms with E-state index < -0.39 is 21.1 Å². The number of hydrogen-bond acceptors (Lipinski definition) is 6. The van der Waals surface area contributed by atoms with Gasteiger partial charge >= 0.3 is 5.97 Å². The number of aliphatic carboxylic acids is 1. The Kier molecular flexibility index (Phi) is 4.55. The van der Waals surface area contributed by atoms with Gasteiger partial charge in [-0.1, -0.05) is 17.7 Å². The molecule has 0 spiro atoms. The number of carboxylic acids is 1. The third-order valence-electron chi connectivity index (χ3n) is 3.27. The molecule has 0 aliphatic rings. The summed E-state index contributed by atoms with van der Waals surface area (Å²) in [5.41, 5.74) is 6.29. The fraction of sp³-hybridized carbons (Fsp3) is 0.200. The summed E-state index contributed by atoms with van der Waals surface area (Å²) in [5.74, 6) is -1.47. The van der Waals surface area contributed by atoms with Gasteiger partial charge in [-0.15, -0.1) is 0 Å². The van der Waals surface area contributed by atoms with Crippen LogP contribution in [0.5, 0.6) is 5.88 Å². The Hall–Kier alpha value is -2.61. The second-order valence-electron chi connectivity index (χ2n) is 4.90. The van der Waals surface area contributed by atoms with E-state index in [1.54, 1.807) is 19.1 Å². The standard InChI is InChI=1S/C15H16N2O5S/c1-9-3-5-10(6-4-9)23(20,21)14(15(18)19)13-11(16)7-8-12(17-13)22-2/h3-8,14H,16H2,1-2H3,(H,18,19). The van der Waals surface area contributed by atoms with Crippen LogP contribution >= 0.6 is 0 Å². The lowest BCUT2D eigenvalue weighted by Gasteiger charge is -2.16. The molecule has 0 saturated heterocycles. The molecule has 8 heteroatoms. The minimum atomic E-state index is -4.22. The van der Waals surface area contributed by atoms with E-state index in [0.717, 1.165) is 5.56 Å². The zero-order chi connectivity index (χ0) is 17.2. The summed E-state index contributed by atoms with van der Waals surface area (Å²) in [7, 11) is -2.88. The minimum absolute atomic E-state index is 0.0334. The number of carboxylic acid groups (broad SMARTS) is 1. The van der Waals surface area contributed by atoms with Crippen LogP contribution in [-0.2, 0) is 14.6 Å². The van der Waals surface area contributed by atoms with Gasteiger partial charge in [-0.05, 0) is 25.1 Å². The molecule has 122 valence electrons. The number of rotatable bonds is 5. The van der Waals surface area contributed by atoms with Crippen LogP contribution in [0.4, 0.5) is 5.69 Å². The fourth-order valence-electron chi connectivity index (χ4n) is 2.05. The van der Waals surface area contributed by atoms with Crippen molar-refractivity contribution >= 4 is 21.5 Å². The molecule has 0 aliphatic heterocycles. The summed E-state index contributed by atoms with van der Waals surface area (Å²) >= 11 is 0. The van der Waals surface area contributed by atoms with Crippen LogP contribution in [-0.4, -0.2) is 31.6 Å². The van der Waals surface area contributed by atoms with Crippen LogP contribution < -0.4 is 10.5 Å². The first kappa shape index (κ1) is 16.8. The number of aromatic nitrogens is 1.